The summed E-state index contributed by atoms with van der Waals surface area (Å²) in [7, 11) is 1.81. The molecule has 1 fully saturated rings. The first kappa shape index (κ1) is 16.5. The highest BCUT2D eigenvalue weighted by Crippen LogP contribution is 2.21. The van der Waals surface area contributed by atoms with Gasteiger partial charge in [-0.05, 0) is 17.7 Å². The van der Waals surface area contributed by atoms with E-state index < -0.39 is 6.04 Å². The fourth-order valence-electron chi connectivity index (χ4n) is 2.56. The maximum atomic E-state index is 13.6. The average Bonchev–Trinajstić information content (AvgIpc) is 3.14. The summed E-state index contributed by atoms with van der Waals surface area (Å²) in [5.74, 6) is 0.778. The minimum absolute atomic E-state index is 0.0118. The number of amides is 2. The van der Waals surface area contributed by atoms with Gasteiger partial charge < -0.3 is 14.8 Å². The first-order valence-corrected chi connectivity index (χ1v) is 8.57. The Kier molecular flexibility index (Phi) is 4.84. The van der Waals surface area contributed by atoms with Gasteiger partial charge >= 0.3 is 0 Å². The lowest BCUT2D eigenvalue weighted by Crippen LogP contribution is -2.40. The predicted octanol–water partition coefficient (Wildman–Crippen LogP) is 1.30. The molecule has 0 unspecified atom stereocenters. The maximum Gasteiger partial charge on any atom is 0.240 e. The second-order valence-electron chi connectivity index (χ2n) is 5.52. The van der Waals surface area contributed by atoms with Gasteiger partial charge in [-0.15, -0.1) is 11.8 Å². The van der Waals surface area contributed by atoms with E-state index in [0.29, 0.717) is 23.0 Å². The van der Waals surface area contributed by atoms with Crippen LogP contribution in [-0.4, -0.2) is 44.4 Å². The highest BCUT2D eigenvalue weighted by molar-refractivity contribution is 8.00. The Morgan fingerprint density at radius 1 is 1.50 bits per heavy atom. The lowest BCUT2D eigenvalue weighted by Gasteiger charge is -2.21. The van der Waals surface area contributed by atoms with Crippen molar-refractivity contribution in [1.29, 1.82) is 0 Å². The lowest BCUT2D eigenvalue weighted by atomic mass is 10.1. The molecule has 0 spiro atoms. The Hall–Kier alpha value is -2.35. The number of hydrogen-bond donors (Lipinski definition) is 1. The van der Waals surface area contributed by atoms with Crippen molar-refractivity contribution in [2.24, 2.45) is 7.05 Å². The Bertz CT molecular complexity index is 764. The molecular weight excluding hydrogens is 331 g/mol. The number of carbonyl (C=O) groups is 2. The van der Waals surface area contributed by atoms with Crippen LogP contribution in [0.15, 0.2) is 36.7 Å². The zero-order valence-corrected chi connectivity index (χ0v) is 13.9. The summed E-state index contributed by atoms with van der Waals surface area (Å²) >= 11 is 1.48. The summed E-state index contributed by atoms with van der Waals surface area (Å²) in [4.78, 5) is 29.8. The largest absolute Gasteiger partial charge is 0.341 e. The normalized spacial score (nSPS) is 15.6. The fourth-order valence-corrected chi connectivity index (χ4v) is 3.46. The number of carbonyl (C=O) groups excluding carboxylic acids is 2. The minimum atomic E-state index is -0.585. The van der Waals surface area contributed by atoms with Crippen LogP contribution in [0.2, 0.25) is 0 Å². The fraction of sp³-hybridized carbons (Fsp3) is 0.312. The van der Waals surface area contributed by atoms with Crippen LogP contribution in [0, 0.1) is 5.82 Å². The molecule has 1 aliphatic heterocycles. The second kappa shape index (κ2) is 7.04. The van der Waals surface area contributed by atoms with Crippen LogP contribution in [0.4, 0.5) is 4.39 Å². The molecule has 0 bridgehead atoms. The van der Waals surface area contributed by atoms with Crippen LogP contribution in [0.5, 0.6) is 0 Å². The van der Waals surface area contributed by atoms with Gasteiger partial charge in [0, 0.05) is 19.4 Å². The molecule has 3 rings (SSSR count). The van der Waals surface area contributed by atoms with Crippen molar-refractivity contribution in [1.82, 2.24) is 19.8 Å². The molecule has 126 valence electrons. The van der Waals surface area contributed by atoms with Gasteiger partial charge in [0.25, 0.3) is 0 Å². The van der Waals surface area contributed by atoms with Gasteiger partial charge in [0.2, 0.25) is 11.8 Å². The third kappa shape index (κ3) is 3.59. The summed E-state index contributed by atoms with van der Waals surface area (Å²) < 4.78 is 15.4. The van der Waals surface area contributed by atoms with E-state index >= 15 is 0 Å². The topological polar surface area (TPSA) is 67.2 Å². The molecule has 1 N–H and O–H groups in total. The van der Waals surface area contributed by atoms with Crippen molar-refractivity contribution in [3.8, 4) is 0 Å². The van der Waals surface area contributed by atoms with E-state index in [2.05, 4.69) is 10.3 Å². The van der Waals surface area contributed by atoms with Gasteiger partial charge in [-0.3, -0.25) is 9.59 Å². The van der Waals surface area contributed by atoms with Crippen LogP contribution in [0.25, 0.3) is 0 Å². The molecule has 2 heterocycles. The Balaban J connectivity index is 1.81. The molecule has 24 heavy (non-hydrogen) atoms. The van der Waals surface area contributed by atoms with Crippen LogP contribution >= 0.6 is 11.8 Å². The van der Waals surface area contributed by atoms with E-state index in [1.165, 1.54) is 28.8 Å². The molecule has 1 aromatic heterocycles. The van der Waals surface area contributed by atoms with Gasteiger partial charge in [-0.2, -0.15) is 0 Å². The summed E-state index contributed by atoms with van der Waals surface area (Å²) in [6.45, 7) is -0.0118. The van der Waals surface area contributed by atoms with Crippen molar-refractivity contribution >= 4 is 23.6 Å². The van der Waals surface area contributed by atoms with Crippen molar-refractivity contribution in [2.75, 3.05) is 18.2 Å². The molecule has 0 saturated carbocycles. The van der Waals surface area contributed by atoms with E-state index in [0.717, 1.165) is 0 Å². The molecule has 2 amide bonds. The van der Waals surface area contributed by atoms with Gasteiger partial charge in [-0.25, -0.2) is 9.37 Å². The number of nitrogens with zero attached hydrogens (tertiary/aromatic N) is 3. The molecule has 1 atom stereocenters. The van der Waals surface area contributed by atoms with Crippen LogP contribution in [0.1, 0.15) is 17.4 Å². The monoisotopic (exact) mass is 348 g/mol. The summed E-state index contributed by atoms with van der Waals surface area (Å²) in [6, 6.07) is 5.46. The van der Waals surface area contributed by atoms with E-state index in [-0.39, 0.29) is 24.2 Å². The molecular formula is C16H17FN4O2S. The zero-order chi connectivity index (χ0) is 17.1. The number of rotatable bonds is 5. The third-order valence-electron chi connectivity index (χ3n) is 3.76. The Morgan fingerprint density at radius 3 is 2.96 bits per heavy atom. The highest BCUT2D eigenvalue weighted by Gasteiger charge is 2.26. The number of halogens is 1. The second-order valence-corrected chi connectivity index (χ2v) is 6.48. The Morgan fingerprint density at radius 2 is 2.33 bits per heavy atom. The third-order valence-corrected chi connectivity index (χ3v) is 4.71. The van der Waals surface area contributed by atoms with E-state index in [1.807, 2.05) is 0 Å². The zero-order valence-electron chi connectivity index (χ0n) is 13.1. The number of aryl methyl sites for hydroxylation is 1. The van der Waals surface area contributed by atoms with Crippen molar-refractivity contribution < 1.29 is 14.0 Å². The van der Waals surface area contributed by atoms with Crippen molar-refractivity contribution in [3.63, 3.8) is 0 Å². The first-order valence-electron chi connectivity index (χ1n) is 7.42. The average molecular weight is 348 g/mol. The van der Waals surface area contributed by atoms with Gasteiger partial charge in [-0.1, -0.05) is 12.1 Å². The van der Waals surface area contributed by atoms with E-state index in [1.54, 1.807) is 36.1 Å². The summed E-state index contributed by atoms with van der Waals surface area (Å²) in [5.41, 5.74) is 0.597. The highest BCUT2D eigenvalue weighted by atomic mass is 32.2. The number of benzene rings is 1. The SMILES string of the molecule is Cn1ccnc1[C@@H](NC(=O)CN1CSCC1=O)c1cccc(F)c1. The minimum Gasteiger partial charge on any atom is -0.341 e. The van der Waals surface area contributed by atoms with Crippen LogP contribution in [-0.2, 0) is 16.6 Å². The molecule has 8 heteroatoms. The van der Waals surface area contributed by atoms with Gasteiger partial charge in [0.1, 0.15) is 24.2 Å². The quantitative estimate of drug-likeness (QED) is 0.884. The number of nitrogens with one attached hydrogen (secondary N) is 1. The lowest BCUT2D eigenvalue weighted by molar-refractivity contribution is -0.132. The summed E-state index contributed by atoms with van der Waals surface area (Å²) in [6.07, 6.45) is 3.38. The Labute approximate surface area is 143 Å². The number of hydrogen-bond acceptors (Lipinski definition) is 4. The molecule has 1 saturated heterocycles. The molecule has 0 aliphatic carbocycles. The molecule has 1 aliphatic rings. The number of imidazole rings is 1. The van der Waals surface area contributed by atoms with Crippen molar-refractivity contribution in [2.45, 2.75) is 6.04 Å². The number of aromatic nitrogens is 2. The first-order chi connectivity index (χ1) is 11.5. The van der Waals surface area contributed by atoms with Gasteiger partial charge in [0.05, 0.1) is 11.6 Å². The van der Waals surface area contributed by atoms with Crippen molar-refractivity contribution in [3.05, 3.63) is 53.9 Å². The van der Waals surface area contributed by atoms with E-state index in [9.17, 15) is 14.0 Å². The molecule has 6 nitrogen and oxygen atoms in total. The van der Waals surface area contributed by atoms with E-state index in [4.69, 9.17) is 0 Å². The smallest absolute Gasteiger partial charge is 0.240 e. The predicted molar refractivity (Wildman–Crippen MR) is 88.6 cm³/mol. The van der Waals surface area contributed by atoms with Gasteiger partial charge in [0.15, 0.2) is 0 Å². The molecule has 2 aromatic rings. The maximum absolute atomic E-state index is 13.6. The summed E-state index contributed by atoms with van der Waals surface area (Å²) in [5, 5.41) is 2.86. The molecule has 0 radical (unpaired) electrons. The molecule has 1 aromatic carbocycles. The van der Waals surface area contributed by atoms with Crippen LogP contribution in [0.3, 0.4) is 0 Å². The standard InChI is InChI=1S/C16H17FN4O2S/c1-20-6-5-18-16(20)15(11-3-2-4-12(17)7-11)19-13(22)8-21-10-24-9-14(21)23/h2-7,15H,8-10H2,1H3,(H,19,22)/t15-/m0/s1. The van der Waals surface area contributed by atoms with Crippen LogP contribution < -0.4 is 5.32 Å². The number of thioether (sulfide) groups is 1.